The molecule has 0 unspecified atom stereocenters. The van der Waals surface area contributed by atoms with E-state index in [1.54, 1.807) is 24.3 Å². The van der Waals surface area contributed by atoms with Crippen molar-refractivity contribution in [1.82, 2.24) is 4.98 Å². The highest BCUT2D eigenvalue weighted by molar-refractivity contribution is 6.04. The number of aryl methyl sites for hydroxylation is 1. The zero-order valence-electron chi connectivity index (χ0n) is 12.3. The van der Waals surface area contributed by atoms with Crippen molar-refractivity contribution >= 4 is 22.8 Å². The smallest absolute Gasteiger partial charge is 0.336 e. The molecule has 2 N–H and O–H groups in total. The topological polar surface area (TPSA) is 87.5 Å². The van der Waals surface area contributed by atoms with Gasteiger partial charge < -0.3 is 10.2 Å². The lowest BCUT2D eigenvalue weighted by Gasteiger charge is -2.08. The molecule has 0 aliphatic rings. The van der Waals surface area contributed by atoms with Crippen LogP contribution in [0.15, 0.2) is 48.5 Å². The molecule has 0 saturated heterocycles. The summed E-state index contributed by atoms with van der Waals surface area (Å²) in [4.78, 5) is 27.1. The molecule has 0 atom stereocenters. The molecule has 0 amide bonds. The maximum atomic E-state index is 11.6. The first-order chi connectivity index (χ1) is 11.0. The maximum absolute atomic E-state index is 11.6. The van der Waals surface area contributed by atoms with Crippen LogP contribution in [0, 0.1) is 6.92 Å². The number of carboxylic acid groups (broad SMARTS) is 2. The van der Waals surface area contributed by atoms with Crippen molar-refractivity contribution in [3.63, 3.8) is 0 Å². The second-order valence-corrected chi connectivity index (χ2v) is 5.27. The Bertz CT molecular complexity index is 947. The van der Waals surface area contributed by atoms with E-state index in [0.29, 0.717) is 22.2 Å². The quantitative estimate of drug-likeness (QED) is 0.772. The van der Waals surface area contributed by atoms with Crippen molar-refractivity contribution in [1.29, 1.82) is 0 Å². The van der Waals surface area contributed by atoms with Crippen LogP contribution < -0.4 is 0 Å². The van der Waals surface area contributed by atoms with E-state index in [0.717, 1.165) is 5.56 Å². The van der Waals surface area contributed by atoms with Crippen LogP contribution >= 0.6 is 0 Å². The SMILES string of the molecule is Cc1ccc2nc(-c3cccc(C(=O)O)c3)cc(C(=O)O)c2c1. The standard InChI is InChI=1S/C18H13NO4/c1-10-5-6-15-13(7-10)14(18(22)23)9-16(19-15)11-3-2-4-12(8-11)17(20)21/h2-9H,1H3,(H,20,21)(H,22,23). The number of hydrogen-bond acceptors (Lipinski definition) is 3. The fraction of sp³-hybridized carbons (Fsp3) is 0.0556. The average Bonchev–Trinajstić information content (AvgIpc) is 2.53. The highest BCUT2D eigenvalue weighted by Gasteiger charge is 2.14. The van der Waals surface area contributed by atoms with Gasteiger partial charge in [-0.1, -0.05) is 23.8 Å². The zero-order valence-corrected chi connectivity index (χ0v) is 12.3. The largest absolute Gasteiger partial charge is 0.478 e. The van der Waals surface area contributed by atoms with E-state index in [-0.39, 0.29) is 11.1 Å². The van der Waals surface area contributed by atoms with Crippen LogP contribution in [-0.4, -0.2) is 27.1 Å². The molecule has 1 heterocycles. The van der Waals surface area contributed by atoms with Crippen LogP contribution in [-0.2, 0) is 0 Å². The summed E-state index contributed by atoms with van der Waals surface area (Å²) in [6.45, 7) is 1.88. The van der Waals surface area contributed by atoms with Gasteiger partial charge in [-0.3, -0.25) is 0 Å². The minimum atomic E-state index is -1.04. The van der Waals surface area contributed by atoms with E-state index in [1.165, 1.54) is 18.2 Å². The van der Waals surface area contributed by atoms with Crippen molar-refractivity contribution in [2.24, 2.45) is 0 Å². The normalized spacial score (nSPS) is 10.7. The number of nitrogens with zero attached hydrogens (tertiary/aromatic N) is 1. The van der Waals surface area contributed by atoms with Gasteiger partial charge in [0.25, 0.3) is 0 Å². The summed E-state index contributed by atoms with van der Waals surface area (Å²) < 4.78 is 0. The molecule has 0 bridgehead atoms. The van der Waals surface area contributed by atoms with Crippen LogP contribution in [0.25, 0.3) is 22.2 Å². The van der Waals surface area contributed by atoms with Crippen molar-refractivity contribution in [2.75, 3.05) is 0 Å². The molecule has 0 radical (unpaired) electrons. The molecule has 0 fully saturated rings. The predicted molar refractivity (Wildman–Crippen MR) is 85.8 cm³/mol. The van der Waals surface area contributed by atoms with Gasteiger partial charge in [-0.25, -0.2) is 14.6 Å². The van der Waals surface area contributed by atoms with Crippen molar-refractivity contribution in [3.8, 4) is 11.3 Å². The summed E-state index contributed by atoms with van der Waals surface area (Å²) in [7, 11) is 0. The van der Waals surface area contributed by atoms with Crippen LogP contribution in [0.1, 0.15) is 26.3 Å². The van der Waals surface area contributed by atoms with E-state index in [1.807, 2.05) is 13.0 Å². The Hall–Kier alpha value is -3.21. The molecule has 114 valence electrons. The lowest BCUT2D eigenvalue weighted by Crippen LogP contribution is -2.01. The molecule has 1 aromatic heterocycles. The first kappa shape index (κ1) is 14.7. The molecular weight excluding hydrogens is 294 g/mol. The average molecular weight is 307 g/mol. The number of carbonyl (C=O) groups is 2. The summed E-state index contributed by atoms with van der Waals surface area (Å²) in [5, 5.41) is 19.1. The minimum Gasteiger partial charge on any atom is -0.478 e. The Balaban J connectivity index is 2.26. The summed E-state index contributed by atoms with van der Waals surface area (Å²) >= 11 is 0. The number of benzene rings is 2. The number of carboxylic acids is 2. The lowest BCUT2D eigenvalue weighted by atomic mass is 10.0. The van der Waals surface area contributed by atoms with Gasteiger partial charge >= 0.3 is 11.9 Å². The van der Waals surface area contributed by atoms with Crippen LogP contribution in [0.3, 0.4) is 0 Å². The summed E-state index contributed by atoms with van der Waals surface area (Å²) in [5.41, 5.74) is 2.78. The highest BCUT2D eigenvalue weighted by atomic mass is 16.4. The van der Waals surface area contributed by atoms with E-state index in [4.69, 9.17) is 5.11 Å². The summed E-state index contributed by atoms with van der Waals surface area (Å²) in [5.74, 6) is -2.08. The molecule has 5 heteroatoms. The van der Waals surface area contributed by atoms with Crippen LogP contribution in [0.2, 0.25) is 0 Å². The number of hydrogen-bond donors (Lipinski definition) is 2. The molecule has 0 spiro atoms. The van der Waals surface area contributed by atoms with E-state index < -0.39 is 11.9 Å². The molecule has 0 aliphatic carbocycles. The molecule has 2 aromatic carbocycles. The number of aromatic nitrogens is 1. The van der Waals surface area contributed by atoms with Gasteiger partial charge in [0.05, 0.1) is 22.3 Å². The summed E-state index contributed by atoms with van der Waals surface area (Å²) in [6.07, 6.45) is 0. The van der Waals surface area contributed by atoms with Gasteiger partial charge in [0, 0.05) is 10.9 Å². The van der Waals surface area contributed by atoms with Gasteiger partial charge in [0.2, 0.25) is 0 Å². The Morgan fingerprint density at radius 1 is 0.957 bits per heavy atom. The third kappa shape index (κ3) is 2.76. The monoisotopic (exact) mass is 307 g/mol. The first-order valence-corrected chi connectivity index (χ1v) is 6.94. The lowest BCUT2D eigenvalue weighted by molar-refractivity contribution is 0.0687. The fourth-order valence-electron chi connectivity index (χ4n) is 2.48. The number of aromatic carboxylic acids is 2. The van der Waals surface area contributed by atoms with Crippen LogP contribution in [0.4, 0.5) is 0 Å². The minimum absolute atomic E-state index is 0.130. The zero-order chi connectivity index (χ0) is 16.6. The molecule has 23 heavy (non-hydrogen) atoms. The Kier molecular flexibility index (Phi) is 3.54. The number of rotatable bonds is 3. The molecule has 0 aliphatic heterocycles. The molecular formula is C18H13NO4. The third-order valence-corrected chi connectivity index (χ3v) is 3.60. The number of fused-ring (bicyclic) bond motifs is 1. The fourth-order valence-corrected chi connectivity index (χ4v) is 2.48. The van der Waals surface area contributed by atoms with Crippen molar-refractivity contribution in [3.05, 3.63) is 65.2 Å². The second kappa shape index (κ2) is 5.53. The molecule has 0 saturated carbocycles. The summed E-state index contributed by atoms with van der Waals surface area (Å²) in [6, 6.07) is 13.2. The number of pyridine rings is 1. The molecule has 5 nitrogen and oxygen atoms in total. The molecule has 3 rings (SSSR count). The third-order valence-electron chi connectivity index (χ3n) is 3.60. The van der Waals surface area contributed by atoms with Gasteiger partial charge in [-0.05, 0) is 37.3 Å². The van der Waals surface area contributed by atoms with E-state index in [9.17, 15) is 14.7 Å². The second-order valence-electron chi connectivity index (χ2n) is 5.27. The van der Waals surface area contributed by atoms with Gasteiger partial charge in [0.1, 0.15) is 0 Å². The van der Waals surface area contributed by atoms with Gasteiger partial charge in [0.15, 0.2) is 0 Å². The van der Waals surface area contributed by atoms with Gasteiger partial charge in [-0.2, -0.15) is 0 Å². The van der Waals surface area contributed by atoms with E-state index in [2.05, 4.69) is 4.98 Å². The van der Waals surface area contributed by atoms with Crippen molar-refractivity contribution in [2.45, 2.75) is 6.92 Å². The Labute approximate surface area is 131 Å². The van der Waals surface area contributed by atoms with Gasteiger partial charge in [-0.15, -0.1) is 0 Å². The van der Waals surface area contributed by atoms with E-state index >= 15 is 0 Å². The van der Waals surface area contributed by atoms with Crippen molar-refractivity contribution < 1.29 is 19.8 Å². The predicted octanol–water partition coefficient (Wildman–Crippen LogP) is 3.61. The first-order valence-electron chi connectivity index (χ1n) is 6.94. The Morgan fingerprint density at radius 3 is 2.43 bits per heavy atom. The highest BCUT2D eigenvalue weighted by Crippen LogP contribution is 2.26. The Morgan fingerprint density at radius 2 is 1.74 bits per heavy atom. The maximum Gasteiger partial charge on any atom is 0.336 e. The van der Waals surface area contributed by atoms with Crippen LogP contribution in [0.5, 0.6) is 0 Å². The molecule has 3 aromatic rings.